The number of halogens is 4. The van der Waals surface area contributed by atoms with Crippen LogP contribution in [0.5, 0.6) is 0 Å². The van der Waals surface area contributed by atoms with E-state index >= 15 is 0 Å². The topological polar surface area (TPSA) is 113 Å². The van der Waals surface area contributed by atoms with Crippen LogP contribution in [0.15, 0.2) is 29.3 Å². The number of anilines is 2. The third-order valence-electron chi connectivity index (χ3n) is 4.83. The molecule has 0 aromatic carbocycles. The van der Waals surface area contributed by atoms with Crippen molar-refractivity contribution in [3.05, 3.63) is 45.5 Å². The molecule has 0 spiro atoms. The SMILES string of the molecule is COC.O=C(CCOCCNc1cn[nH]c(=O)c1C(F)(F)F)N1CCN(c2ccc(Cl)cn2)CC1. The molecule has 0 saturated carbocycles. The van der Waals surface area contributed by atoms with Gasteiger partial charge in [0.15, 0.2) is 0 Å². The third-order valence-corrected chi connectivity index (χ3v) is 5.05. The van der Waals surface area contributed by atoms with Crippen molar-refractivity contribution in [3.63, 3.8) is 0 Å². The molecule has 1 saturated heterocycles. The van der Waals surface area contributed by atoms with Crippen molar-refractivity contribution in [1.29, 1.82) is 0 Å². The molecule has 0 radical (unpaired) electrons. The molecule has 2 N–H and O–H groups in total. The molecule has 0 bridgehead atoms. The standard InChI is InChI=1S/C19H22ClF3N6O3.C2H6O/c20-13-1-2-15(25-11-13)28-5-7-29(8-6-28)16(30)3-9-32-10-4-24-14-12-26-27-18(31)17(14)19(21,22)23;1-3-2/h1-2,11-12H,3-10H2,(H2,24,27,31);1-2H3. The number of hydrogen-bond acceptors (Lipinski definition) is 8. The number of piperazine rings is 1. The molecule has 0 aliphatic carbocycles. The highest BCUT2D eigenvalue weighted by atomic mass is 35.5. The lowest BCUT2D eigenvalue weighted by Gasteiger charge is -2.35. The van der Waals surface area contributed by atoms with E-state index in [1.54, 1.807) is 36.5 Å². The smallest absolute Gasteiger partial charge is 0.388 e. The number of rotatable bonds is 8. The Hall–Kier alpha value is -2.90. The Morgan fingerprint density at radius 2 is 1.86 bits per heavy atom. The average Bonchev–Trinajstić information content (AvgIpc) is 2.81. The summed E-state index contributed by atoms with van der Waals surface area (Å²) in [6.45, 7) is 2.64. The van der Waals surface area contributed by atoms with Gasteiger partial charge in [-0.25, -0.2) is 10.1 Å². The maximum absolute atomic E-state index is 13.0. The Balaban J connectivity index is 0.00000137. The molecule has 2 aromatic heterocycles. The van der Waals surface area contributed by atoms with E-state index in [-0.39, 0.29) is 32.1 Å². The minimum atomic E-state index is -4.81. The van der Waals surface area contributed by atoms with Crippen LogP contribution in [-0.2, 0) is 20.4 Å². The van der Waals surface area contributed by atoms with E-state index in [1.807, 2.05) is 6.07 Å². The summed E-state index contributed by atoms with van der Waals surface area (Å²) in [6.07, 6.45) is -2.16. The molecule has 1 amide bonds. The van der Waals surface area contributed by atoms with E-state index in [0.717, 1.165) is 12.0 Å². The van der Waals surface area contributed by atoms with Crippen molar-refractivity contribution in [2.24, 2.45) is 0 Å². The molecular formula is C21H28ClF3N6O4. The van der Waals surface area contributed by atoms with Crippen molar-refractivity contribution >= 4 is 29.0 Å². The van der Waals surface area contributed by atoms with Gasteiger partial charge in [0.1, 0.15) is 11.4 Å². The van der Waals surface area contributed by atoms with Crippen LogP contribution in [0.3, 0.4) is 0 Å². The number of nitrogens with zero attached hydrogens (tertiary/aromatic N) is 4. The second-order valence-corrected chi connectivity index (χ2v) is 7.82. The fraction of sp³-hybridized carbons (Fsp3) is 0.524. The molecule has 14 heteroatoms. The predicted molar refractivity (Wildman–Crippen MR) is 125 cm³/mol. The first kappa shape index (κ1) is 28.3. The summed E-state index contributed by atoms with van der Waals surface area (Å²) in [5.41, 5.74) is -3.08. The largest absolute Gasteiger partial charge is 0.423 e. The number of alkyl halides is 3. The predicted octanol–water partition coefficient (Wildman–Crippen LogP) is 2.27. The van der Waals surface area contributed by atoms with Crippen molar-refractivity contribution in [1.82, 2.24) is 20.1 Å². The van der Waals surface area contributed by atoms with Crippen LogP contribution in [0.25, 0.3) is 0 Å². The van der Waals surface area contributed by atoms with Gasteiger partial charge < -0.3 is 24.6 Å². The van der Waals surface area contributed by atoms with Gasteiger partial charge in [0.05, 0.1) is 36.5 Å². The normalized spacial score (nSPS) is 13.8. The van der Waals surface area contributed by atoms with E-state index in [9.17, 15) is 22.8 Å². The monoisotopic (exact) mass is 520 g/mol. The number of carbonyl (C=O) groups excluding carboxylic acids is 1. The zero-order chi connectivity index (χ0) is 25.8. The van der Waals surface area contributed by atoms with Gasteiger partial charge >= 0.3 is 6.18 Å². The number of aromatic amines is 1. The van der Waals surface area contributed by atoms with Crippen molar-refractivity contribution in [2.75, 3.05) is 70.4 Å². The summed E-state index contributed by atoms with van der Waals surface area (Å²) in [5.74, 6) is 0.751. The fourth-order valence-electron chi connectivity index (χ4n) is 3.23. The van der Waals surface area contributed by atoms with E-state index < -0.39 is 23.0 Å². The Morgan fingerprint density at radius 1 is 1.17 bits per heavy atom. The van der Waals surface area contributed by atoms with Crippen LogP contribution < -0.4 is 15.8 Å². The summed E-state index contributed by atoms with van der Waals surface area (Å²) >= 11 is 5.85. The van der Waals surface area contributed by atoms with Crippen LogP contribution in [0.4, 0.5) is 24.7 Å². The first-order chi connectivity index (χ1) is 16.7. The lowest BCUT2D eigenvalue weighted by Crippen LogP contribution is -2.49. The van der Waals surface area contributed by atoms with Crippen LogP contribution in [0.1, 0.15) is 12.0 Å². The molecule has 3 heterocycles. The molecule has 194 valence electrons. The second kappa shape index (κ2) is 13.9. The number of H-pyrrole nitrogens is 1. The van der Waals surface area contributed by atoms with E-state index in [2.05, 4.69) is 25.0 Å². The lowest BCUT2D eigenvalue weighted by atomic mass is 10.2. The van der Waals surface area contributed by atoms with Gasteiger partial charge in [-0.2, -0.15) is 18.3 Å². The van der Waals surface area contributed by atoms with E-state index in [0.29, 0.717) is 31.2 Å². The van der Waals surface area contributed by atoms with E-state index in [1.165, 1.54) is 0 Å². The van der Waals surface area contributed by atoms with Gasteiger partial charge in [0.2, 0.25) is 5.91 Å². The number of pyridine rings is 1. The van der Waals surface area contributed by atoms with Crippen LogP contribution >= 0.6 is 11.6 Å². The number of amides is 1. The van der Waals surface area contributed by atoms with Crippen LogP contribution in [-0.4, -0.2) is 86.1 Å². The molecule has 0 atom stereocenters. The Kier molecular flexibility index (Phi) is 11.2. The summed E-state index contributed by atoms with van der Waals surface area (Å²) < 4.78 is 48.5. The van der Waals surface area contributed by atoms with Gasteiger partial charge in [-0.3, -0.25) is 9.59 Å². The highest BCUT2D eigenvalue weighted by Crippen LogP contribution is 2.31. The molecule has 1 aliphatic heterocycles. The number of methoxy groups -OCH3 is 1. The number of ether oxygens (including phenoxy) is 2. The van der Waals surface area contributed by atoms with Crippen molar-refractivity contribution < 1.29 is 27.4 Å². The maximum atomic E-state index is 13.0. The molecule has 2 aromatic rings. The Labute approximate surface area is 205 Å². The minimum Gasteiger partial charge on any atom is -0.388 e. The number of nitrogens with one attached hydrogen (secondary N) is 2. The molecule has 0 unspecified atom stereocenters. The average molecular weight is 521 g/mol. The molecule has 35 heavy (non-hydrogen) atoms. The Bertz CT molecular complexity index is 982. The zero-order valence-corrected chi connectivity index (χ0v) is 20.2. The summed E-state index contributed by atoms with van der Waals surface area (Å²) in [7, 11) is 3.25. The van der Waals surface area contributed by atoms with Gasteiger partial charge in [0.25, 0.3) is 5.56 Å². The summed E-state index contributed by atoms with van der Waals surface area (Å²) in [6, 6.07) is 3.60. The first-order valence-electron chi connectivity index (χ1n) is 10.7. The molecular weight excluding hydrogens is 493 g/mol. The number of carbonyl (C=O) groups is 1. The second-order valence-electron chi connectivity index (χ2n) is 7.39. The first-order valence-corrected chi connectivity index (χ1v) is 11.1. The van der Waals surface area contributed by atoms with Crippen LogP contribution in [0, 0.1) is 0 Å². The third kappa shape index (κ3) is 9.00. The molecule has 1 fully saturated rings. The molecule has 3 rings (SSSR count). The maximum Gasteiger partial charge on any atom is 0.423 e. The van der Waals surface area contributed by atoms with Gasteiger partial charge in [-0.1, -0.05) is 11.6 Å². The molecule has 1 aliphatic rings. The summed E-state index contributed by atoms with van der Waals surface area (Å²) in [4.78, 5) is 31.8. The molecule has 10 nitrogen and oxygen atoms in total. The number of aromatic nitrogens is 3. The minimum absolute atomic E-state index is 0.0230. The Morgan fingerprint density at radius 3 is 2.46 bits per heavy atom. The number of hydrogen-bond donors (Lipinski definition) is 2. The highest BCUT2D eigenvalue weighted by molar-refractivity contribution is 6.30. The van der Waals surface area contributed by atoms with Gasteiger partial charge in [-0.15, -0.1) is 0 Å². The van der Waals surface area contributed by atoms with Gasteiger partial charge in [0, 0.05) is 53.1 Å². The quantitative estimate of drug-likeness (QED) is 0.510. The highest BCUT2D eigenvalue weighted by Gasteiger charge is 2.37. The van der Waals surface area contributed by atoms with Crippen molar-refractivity contribution in [3.8, 4) is 0 Å². The zero-order valence-electron chi connectivity index (χ0n) is 19.4. The van der Waals surface area contributed by atoms with E-state index in [4.69, 9.17) is 16.3 Å². The summed E-state index contributed by atoms with van der Waals surface area (Å²) in [5, 5.41) is 8.19. The van der Waals surface area contributed by atoms with Crippen LogP contribution in [0.2, 0.25) is 5.02 Å². The van der Waals surface area contributed by atoms with Crippen molar-refractivity contribution in [2.45, 2.75) is 12.6 Å². The van der Waals surface area contributed by atoms with Gasteiger partial charge in [-0.05, 0) is 12.1 Å². The fourth-order valence-corrected chi connectivity index (χ4v) is 3.34. The lowest BCUT2D eigenvalue weighted by molar-refractivity contribution is -0.138.